The Morgan fingerprint density at radius 1 is 0.508 bits per heavy atom. The van der Waals surface area contributed by atoms with Crippen LogP contribution in [0.5, 0.6) is 0 Å². The van der Waals surface area contributed by atoms with Gasteiger partial charge in [-0.25, -0.2) is 4.57 Å². The SMILES string of the molecule is CCCCCCCCCCC/C=C/[C@@H](O)[C@H](COP(=O)(O)OCC[N+](C)(C)C)NC(=O)CCCCCCCCCCCCCCCCCCCCCCCCCCCCCCCCCC. The maximum Gasteiger partial charge on any atom is 0.472 e. The van der Waals surface area contributed by atoms with Crippen LogP contribution in [0.2, 0.25) is 0 Å². The molecule has 0 aliphatic rings. The lowest BCUT2D eigenvalue weighted by Gasteiger charge is -2.25. The summed E-state index contributed by atoms with van der Waals surface area (Å²) in [4.78, 5) is 23.2. The Balaban J connectivity index is 3.93. The van der Waals surface area contributed by atoms with Gasteiger partial charge in [-0.15, -0.1) is 0 Å². The molecule has 65 heavy (non-hydrogen) atoms. The van der Waals surface area contributed by atoms with Crippen LogP contribution in [0.25, 0.3) is 0 Å². The molecule has 0 saturated carbocycles. The average Bonchev–Trinajstić information content (AvgIpc) is 3.26. The van der Waals surface area contributed by atoms with E-state index >= 15 is 0 Å². The summed E-state index contributed by atoms with van der Waals surface area (Å²) < 4.78 is 23.6. The molecule has 0 aliphatic carbocycles. The summed E-state index contributed by atoms with van der Waals surface area (Å²) >= 11 is 0. The minimum atomic E-state index is -4.33. The quantitative estimate of drug-likeness (QED) is 0.0243. The van der Waals surface area contributed by atoms with Gasteiger partial charge in [-0.1, -0.05) is 276 Å². The second kappa shape index (κ2) is 48.3. The molecule has 0 aromatic rings. The van der Waals surface area contributed by atoms with Crippen LogP contribution >= 0.6 is 7.82 Å². The Kier molecular flexibility index (Phi) is 47.7. The molecule has 0 spiro atoms. The number of likely N-dealkylation sites (N-methyl/N-ethyl adjacent to an activating group) is 1. The van der Waals surface area contributed by atoms with Crippen molar-refractivity contribution in [2.45, 2.75) is 302 Å². The number of aliphatic hydroxyl groups excluding tert-OH is 1. The van der Waals surface area contributed by atoms with Crippen LogP contribution < -0.4 is 5.32 Å². The molecule has 3 atom stereocenters. The van der Waals surface area contributed by atoms with Crippen molar-refractivity contribution in [2.75, 3.05) is 40.9 Å². The van der Waals surface area contributed by atoms with Crippen molar-refractivity contribution in [1.29, 1.82) is 0 Å². The lowest BCUT2D eigenvalue weighted by atomic mass is 10.0. The fourth-order valence-electron chi connectivity index (χ4n) is 8.75. The van der Waals surface area contributed by atoms with Crippen LogP contribution in [-0.2, 0) is 18.4 Å². The number of amides is 1. The van der Waals surface area contributed by atoms with Crippen molar-refractivity contribution >= 4 is 13.7 Å². The maximum absolute atomic E-state index is 12.9. The van der Waals surface area contributed by atoms with E-state index in [1.165, 1.54) is 231 Å². The van der Waals surface area contributed by atoms with Crippen LogP contribution in [0, 0.1) is 0 Å². The van der Waals surface area contributed by atoms with E-state index in [9.17, 15) is 19.4 Å². The summed E-state index contributed by atoms with van der Waals surface area (Å²) in [6.45, 7) is 4.84. The van der Waals surface area contributed by atoms with E-state index < -0.39 is 20.0 Å². The molecule has 0 aromatic heterocycles. The summed E-state index contributed by atoms with van der Waals surface area (Å²) in [6.07, 6.45) is 59.1. The molecule has 0 heterocycles. The Bertz CT molecular complexity index is 1070. The highest BCUT2D eigenvalue weighted by Gasteiger charge is 2.27. The van der Waals surface area contributed by atoms with E-state index in [1.54, 1.807) is 6.08 Å². The molecule has 8 nitrogen and oxygen atoms in total. The van der Waals surface area contributed by atoms with E-state index in [0.717, 1.165) is 38.5 Å². The number of rotatable bonds is 53. The molecular formula is C56H114N2O6P+. The van der Waals surface area contributed by atoms with Crippen molar-refractivity contribution in [3.05, 3.63) is 12.2 Å². The van der Waals surface area contributed by atoms with Gasteiger partial charge in [-0.05, 0) is 19.3 Å². The number of quaternary nitrogens is 1. The number of allylic oxidation sites excluding steroid dienone is 1. The lowest BCUT2D eigenvalue weighted by molar-refractivity contribution is -0.870. The van der Waals surface area contributed by atoms with Gasteiger partial charge in [-0.3, -0.25) is 13.8 Å². The molecule has 0 fully saturated rings. The molecular weight excluding hydrogens is 828 g/mol. The molecule has 0 radical (unpaired) electrons. The number of carbonyl (C=O) groups excluding carboxylic acids is 1. The predicted molar refractivity (Wildman–Crippen MR) is 282 cm³/mol. The normalized spacial score (nSPS) is 14.0. The fraction of sp³-hybridized carbons (Fsp3) is 0.946. The van der Waals surface area contributed by atoms with Crippen molar-refractivity contribution in [2.24, 2.45) is 0 Å². The first-order chi connectivity index (χ1) is 31.5. The molecule has 0 saturated heterocycles. The summed E-state index contributed by atoms with van der Waals surface area (Å²) in [7, 11) is 1.59. The third kappa shape index (κ3) is 50.9. The van der Waals surface area contributed by atoms with Gasteiger partial charge >= 0.3 is 7.82 Å². The number of phosphoric ester groups is 1. The molecule has 1 unspecified atom stereocenters. The molecule has 3 N–H and O–H groups in total. The van der Waals surface area contributed by atoms with E-state index in [1.807, 2.05) is 27.2 Å². The predicted octanol–water partition coefficient (Wildman–Crippen LogP) is 17.0. The zero-order chi connectivity index (χ0) is 47.8. The van der Waals surface area contributed by atoms with Gasteiger partial charge in [0, 0.05) is 6.42 Å². The molecule has 388 valence electrons. The number of aliphatic hydroxyl groups is 1. The molecule has 0 aromatic carbocycles. The van der Waals surface area contributed by atoms with E-state index in [-0.39, 0.29) is 19.1 Å². The summed E-state index contributed by atoms with van der Waals surface area (Å²) in [6, 6.07) is -0.840. The first-order valence-corrected chi connectivity index (χ1v) is 30.1. The molecule has 1 amide bonds. The number of nitrogens with zero attached hydrogens (tertiary/aromatic N) is 1. The minimum absolute atomic E-state index is 0.0647. The largest absolute Gasteiger partial charge is 0.472 e. The first-order valence-electron chi connectivity index (χ1n) is 28.6. The van der Waals surface area contributed by atoms with Crippen molar-refractivity contribution in [3.63, 3.8) is 0 Å². The number of phosphoric acid groups is 1. The summed E-state index contributed by atoms with van der Waals surface area (Å²) in [5, 5.41) is 13.9. The summed E-state index contributed by atoms with van der Waals surface area (Å²) in [5.41, 5.74) is 0. The number of hydrogen-bond donors (Lipinski definition) is 3. The number of hydrogen-bond acceptors (Lipinski definition) is 5. The maximum atomic E-state index is 12.9. The van der Waals surface area contributed by atoms with E-state index in [0.29, 0.717) is 17.4 Å². The van der Waals surface area contributed by atoms with Gasteiger partial charge in [-0.2, -0.15) is 0 Å². The van der Waals surface area contributed by atoms with Gasteiger partial charge in [0.2, 0.25) is 5.91 Å². The Morgan fingerprint density at radius 2 is 0.815 bits per heavy atom. The zero-order valence-corrected chi connectivity index (χ0v) is 45.2. The smallest absolute Gasteiger partial charge is 0.387 e. The van der Waals surface area contributed by atoms with E-state index in [2.05, 4.69) is 19.2 Å². The highest BCUT2D eigenvalue weighted by atomic mass is 31.2. The van der Waals surface area contributed by atoms with Crippen molar-refractivity contribution < 1.29 is 32.9 Å². The average molecular weight is 943 g/mol. The Morgan fingerprint density at radius 3 is 1.14 bits per heavy atom. The monoisotopic (exact) mass is 942 g/mol. The third-order valence-corrected chi connectivity index (χ3v) is 14.2. The van der Waals surface area contributed by atoms with Crippen LogP contribution in [0.4, 0.5) is 0 Å². The minimum Gasteiger partial charge on any atom is -0.387 e. The van der Waals surface area contributed by atoms with Crippen LogP contribution in [-0.4, -0.2) is 73.4 Å². The molecule has 0 bridgehead atoms. The van der Waals surface area contributed by atoms with Gasteiger partial charge in [0.05, 0.1) is 39.9 Å². The van der Waals surface area contributed by atoms with Gasteiger partial charge in [0.25, 0.3) is 0 Å². The summed E-state index contributed by atoms with van der Waals surface area (Å²) in [5.74, 6) is -0.172. The standard InChI is InChI=1S/C56H113N2O6P/c1-6-8-10-12-14-16-18-19-20-21-22-23-24-25-26-27-28-29-30-31-32-33-34-35-36-37-38-40-42-44-46-48-50-56(60)57-54(53-64-65(61,62)63-52-51-58(3,4)5)55(59)49-47-45-43-41-39-17-15-13-11-9-7-2/h47,49,54-55,59H,6-46,48,50-53H2,1-5H3,(H-,57,60,61,62)/p+1/b49-47+/t54-,55+/m0/s1. The lowest BCUT2D eigenvalue weighted by Crippen LogP contribution is -2.45. The number of carbonyl (C=O) groups is 1. The first kappa shape index (κ1) is 64.2. The van der Waals surface area contributed by atoms with Crippen molar-refractivity contribution in [3.8, 4) is 0 Å². The Hall–Kier alpha value is -0.760. The van der Waals surface area contributed by atoms with Gasteiger partial charge in [0.1, 0.15) is 13.2 Å². The molecule has 0 rings (SSSR count). The van der Waals surface area contributed by atoms with E-state index in [4.69, 9.17) is 9.05 Å². The number of unbranched alkanes of at least 4 members (excludes halogenated alkanes) is 40. The highest BCUT2D eigenvalue weighted by molar-refractivity contribution is 7.47. The van der Waals surface area contributed by atoms with Crippen molar-refractivity contribution in [1.82, 2.24) is 5.32 Å². The number of nitrogens with one attached hydrogen (secondary N) is 1. The second-order valence-electron chi connectivity index (χ2n) is 21.0. The third-order valence-electron chi connectivity index (χ3n) is 13.3. The van der Waals surface area contributed by atoms with Gasteiger partial charge in [0.15, 0.2) is 0 Å². The van der Waals surface area contributed by atoms with Gasteiger partial charge < -0.3 is 19.8 Å². The molecule has 0 aliphatic heterocycles. The second-order valence-corrected chi connectivity index (χ2v) is 22.5. The van der Waals surface area contributed by atoms with Crippen LogP contribution in [0.15, 0.2) is 12.2 Å². The topological polar surface area (TPSA) is 105 Å². The molecule has 9 heteroatoms. The van der Waals surface area contributed by atoms with Crippen LogP contribution in [0.3, 0.4) is 0 Å². The zero-order valence-electron chi connectivity index (χ0n) is 44.3. The fourth-order valence-corrected chi connectivity index (χ4v) is 9.49. The van der Waals surface area contributed by atoms with Crippen LogP contribution in [0.1, 0.15) is 290 Å². The highest BCUT2D eigenvalue weighted by Crippen LogP contribution is 2.43. The Labute approximate surface area is 405 Å².